The number of Topliss-reactive ketones (excluding diaryl/α,β-unsaturated/α-hetero) is 1. The van der Waals surface area contributed by atoms with Gasteiger partial charge in [-0.25, -0.2) is 0 Å². The van der Waals surface area contributed by atoms with Crippen LogP contribution in [0.5, 0.6) is 5.75 Å². The highest BCUT2D eigenvalue weighted by molar-refractivity contribution is 7.98. The van der Waals surface area contributed by atoms with Crippen molar-refractivity contribution in [1.29, 1.82) is 0 Å². The molecule has 0 saturated heterocycles. The van der Waals surface area contributed by atoms with Gasteiger partial charge < -0.3 is 18.7 Å². The third-order valence-corrected chi connectivity index (χ3v) is 7.20. The molecular formula is C29H34O5S. The summed E-state index contributed by atoms with van der Waals surface area (Å²) in [6.45, 7) is 2.67. The lowest BCUT2D eigenvalue weighted by atomic mass is 9.85. The van der Waals surface area contributed by atoms with Crippen molar-refractivity contribution in [3.05, 3.63) is 65.6 Å². The summed E-state index contributed by atoms with van der Waals surface area (Å²) >= 11 is 1.83. The van der Waals surface area contributed by atoms with E-state index >= 15 is 0 Å². The van der Waals surface area contributed by atoms with Crippen LogP contribution in [0.15, 0.2) is 57.4 Å². The number of hydrogen-bond acceptors (Lipinski definition) is 6. The average molecular weight is 495 g/mol. The number of thioether (sulfide) groups is 1. The number of ketones is 1. The Kier molecular flexibility index (Phi) is 8.94. The molecule has 0 unspecified atom stereocenters. The molecule has 5 nitrogen and oxygen atoms in total. The van der Waals surface area contributed by atoms with Crippen LogP contribution in [0.3, 0.4) is 0 Å². The van der Waals surface area contributed by atoms with Gasteiger partial charge in [-0.3, -0.25) is 4.79 Å². The Morgan fingerprint density at radius 2 is 1.86 bits per heavy atom. The molecule has 0 bridgehead atoms. The fraction of sp³-hybridized carbons (Fsp3) is 0.414. The van der Waals surface area contributed by atoms with Crippen molar-refractivity contribution in [3.8, 4) is 5.75 Å². The molecule has 1 aliphatic carbocycles. The predicted octanol–water partition coefficient (Wildman–Crippen LogP) is 7.56. The van der Waals surface area contributed by atoms with E-state index in [1.54, 1.807) is 0 Å². The van der Waals surface area contributed by atoms with Crippen LogP contribution in [-0.2, 0) is 6.61 Å². The third kappa shape index (κ3) is 6.30. The number of ether oxygens (including phenoxy) is 1. The topological polar surface area (TPSA) is 72.8 Å². The number of aliphatic hydroxyl groups excluding tert-OH is 1. The monoisotopic (exact) mass is 494 g/mol. The quantitative estimate of drug-likeness (QED) is 0.201. The molecule has 0 amide bonds. The summed E-state index contributed by atoms with van der Waals surface area (Å²) in [6.07, 6.45) is 8.70. The van der Waals surface area contributed by atoms with Gasteiger partial charge in [0.05, 0.1) is 6.61 Å². The molecule has 0 spiro atoms. The Bertz CT molecular complexity index is 1220. The van der Waals surface area contributed by atoms with Gasteiger partial charge in [0.15, 0.2) is 5.76 Å². The summed E-state index contributed by atoms with van der Waals surface area (Å²) in [4.78, 5) is 12.8. The number of aryl methyl sites for hydroxylation is 1. The van der Waals surface area contributed by atoms with Gasteiger partial charge in [-0.2, -0.15) is 11.8 Å². The standard InChI is InChI=1S/C20H26O3S.C9H8O2/c1-14-17-13-16(22-11-6-12-24-2)9-10-18(17)23-20(14)19(21)15-7-4-3-5-8-15;10-6-8-5-7-3-1-2-4-9(7)11-8/h9-10,13,15H,3-8,11-12H2,1-2H3;1-5,10H,6H2. The van der Waals surface area contributed by atoms with Crippen molar-refractivity contribution in [2.75, 3.05) is 18.6 Å². The number of benzene rings is 2. The van der Waals surface area contributed by atoms with E-state index in [0.717, 1.165) is 77.7 Å². The van der Waals surface area contributed by atoms with Gasteiger partial charge in [0.2, 0.25) is 5.78 Å². The van der Waals surface area contributed by atoms with Gasteiger partial charge in [-0.05, 0) is 68.5 Å². The smallest absolute Gasteiger partial charge is 0.201 e. The van der Waals surface area contributed by atoms with Crippen LogP contribution < -0.4 is 4.74 Å². The summed E-state index contributed by atoms with van der Waals surface area (Å²) < 4.78 is 17.0. The normalized spacial score (nSPS) is 14.1. The molecule has 4 aromatic rings. The predicted molar refractivity (Wildman–Crippen MR) is 142 cm³/mol. The van der Waals surface area contributed by atoms with Crippen molar-refractivity contribution in [1.82, 2.24) is 0 Å². The first kappa shape index (κ1) is 25.4. The van der Waals surface area contributed by atoms with Gasteiger partial charge in [0.1, 0.15) is 29.3 Å². The third-order valence-electron chi connectivity index (χ3n) is 6.50. The minimum Gasteiger partial charge on any atom is -0.494 e. The van der Waals surface area contributed by atoms with E-state index in [1.165, 1.54) is 6.42 Å². The van der Waals surface area contributed by atoms with E-state index in [2.05, 4.69) is 6.26 Å². The minimum atomic E-state index is -0.0331. The molecule has 1 saturated carbocycles. The van der Waals surface area contributed by atoms with Crippen molar-refractivity contribution in [2.24, 2.45) is 5.92 Å². The Hall–Kier alpha value is -2.70. The zero-order valence-corrected chi connectivity index (χ0v) is 21.4. The van der Waals surface area contributed by atoms with Crippen LogP contribution in [-0.4, -0.2) is 29.5 Å². The highest BCUT2D eigenvalue weighted by atomic mass is 32.2. The molecule has 186 valence electrons. The number of carbonyl (C=O) groups excluding carboxylic acids is 1. The summed E-state index contributed by atoms with van der Waals surface area (Å²) in [5.41, 5.74) is 2.56. The Labute approximate surface area is 210 Å². The largest absolute Gasteiger partial charge is 0.494 e. The molecule has 0 atom stereocenters. The second kappa shape index (κ2) is 12.3. The number of furan rings is 2. The molecular weight excluding hydrogens is 460 g/mol. The van der Waals surface area contributed by atoms with Gasteiger partial charge >= 0.3 is 0 Å². The molecule has 6 heteroatoms. The van der Waals surface area contributed by atoms with Crippen LogP contribution in [0, 0.1) is 12.8 Å². The van der Waals surface area contributed by atoms with E-state index < -0.39 is 0 Å². The average Bonchev–Trinajstić information content (AvgIpc) is 3.48. The highest BCUT2D eigenvalue weighted by Crippen LogP contribution is 2.33. The number of carbonyl (C=O) groups is 1. The summed E-state index contributed by atoms with van der Waals surface area (Å²) in [5, 5.41) is 10.8. The number of hydrogen-bond donors (Lipinski definition) is 1. The Morgan fingerprint density at radius 1 is 1.06 bits per heavy atom. The zero-order valence-electron chi connectivity index (χ0n) is 20.5. The lowest BCUT2D eigenvalue weighted by molar-refractivity contribution is 0.0862. The molecule has 1 N–H and O–H groups in total. The molecule has 1 aliphatic rings. The van der Waals surface area contributed by atoms with Crippen molar-refractivity contribution in [3.63, 3.8) is 0 Å². The van der Waals surface area contributed by atoms with E-state index in [4.69, 9.17) is 18.7 Å². The number of aliphatic hydroxyl groups is 1. The highest BCUT2D eigenvalue weighted by Gasteiger charge is 2.27. The van der Waals surface area contributed by atoms with Crippen LogP contribution in [0.4, 0.5) is 0 Å². The maximum atomic E-state index is 12.8. The van der Waals surface area contributed by atoms with E-state index in [9.17, 15) is 4.79 Å². The summed E-state index contributed by atoms with van der Waals surface area (Å²) in [6, 6.07) is 15.4. The molecule has 35 heavy (non-hydrogen) atoms. The first-order valence-corrected chi connectivity index (χ1v) is 13.8. The van der Waals surface area contributed by atoms with Crippen LogP contribution in [0.1, 0.15) is 60.4 Å². The van der Waals surface area contributed by atoms with Crippen LogP contribution in [0.25, 0.3) is 21.9 Å². The van der Waals surface area contributed by atoms with Gasteiger partial charge in [0, 0.05) is 22.3 Å². The molecule has 0 radical (unpaired) electrons. The van der Waals surface area contributed by atoms with Gasteiger partial charge in [-0.1, -0.05) is 37.5 Å². The van der Waals surface area contributed by atoms with Crippen molar-refractivity contribution in [2.45, 2.75) is 52.1 Å². The Morgan fingerprint density at radius 3 is 2.60 bits per heavy atom. The maximum Gasteiger partial charge on any atom is 0.201 e. The summed E-state index contributed by atoms with van der Waals surface area (Å²) in [5.74, 6) is 3.45. The van der Waals surface area contributed by atoms with Crippen LogP contribution >= 0.6 is 11.8 Å². The van der Waals surface area contributed by atoms with Gasteiger partial charge in [0.25, 0.3) is 0 Å². The minimum absolute atomic E-state index is 0.0331. The fourth-order valence-electron chi connectivity index (χ4n) is 4.58. The number of para-hydroxylation sites is 1. The first-order valence-electron chi connectivity index (χ1n) is 12.4. The first-order chi connectivity index (χ1) is 17.1. The van der Waals surface area contributed by atoms with Gasteiger partial charge in [-0.15, -0.1) is 0 Å². The zero-order chi connectivity index (χ0) is 24.6. The fourth-order valence-corrected chi connectivity index (χ4v) is 4.99. The molecule has 5 rings (SSSR count). The second-order valence-corrected chi connectivity index (χ2v) is 10.0. The maximum absolute atomic E-state index is 12.8. The van der Waals surface area contributed by atoms with E-state index in [1.807, 2.05) is 67.2 Å². The molecule has 1 fully saturated rings. The molecule has 2 aromatic heterocycles. The van der Waals surface area contributed by atoms with Crippen molar-refractivity contribution < 1.29 is 23.5 Å². The number of fused-ring (bicyclic) bond motifs is 2. The van der Waals surface area contributed by atoms with E-state index in [0.29, 0.717) is 11.5 Å². The Balaban J connectivity index is 0.000000218. The van der Waals surface area contributed by atoms with E-state index in [-0.39, 0.29) is 18.3 Å². The lowest BCUT2D eigenvalue weighted by Gasteiger charge is -2.19. The number of rotatable bonds is 8. The molecule has 2 aromatic carbocycles. The molecule has 0 aliphatic heterocycles. The second-order valence-electron chi connectivity index (χ2n) is 9.02. The SMILES string of the molecule is CSCCCOc1ccc2oc(C(=O)C3CCCCC3)c(C)c2c1.OCc1cc2ccccc2o1. The molecule has 2 heterocycles. The van der Waals surface area contributed by atoms with Crippen molar-refractivity contribution >= 4 is 39.5 Å². The lowest BCUT2D eigenvalue weighted by Crippen LogP contribution is -2.17. The van der Waals surface area contributed by atoms with Crippen LogP contribution in [0.2, 0.25) is 0 Å². The summed E-state index contributed by atoms with van der Waals surface area (Å²) in [7, 11) is 0.